The molecule has 0 atom stereocenters. The molecule has 10 aromatic rings. The number of para-hydroxylation sites is 2. The normalized spacial score (nSPS) is 11.2. The van der Waals surface area contributed by atoms with Crippen LogP contribution in [0.1, 0.15) is 0 Å². The van der Waals surface area contributed by atoms with Gasteiger partial charge in [0.15, 0.2) is 0 Å². The van der Waals surface area contributed by atoms with E-state index in [-0.39, 0.29) is 0 Å². The zero-order chi connectivity index (χ0) is 37.3. The number of fused-ring (bicyclic) bond motifs is 3. The van der Waals surface area contributed by atoms with Crippen molar-refractivity contribution in [3.63, 3.8) is 0 Å². The van der Waals surface area contributed by atoms with E-state index in [1.54, 1.807) is 0 Å². The summed E-state index contributed by atoms with van der Waals surface area (Å²) in [4.78, 5) is 2.38. The number of nitrogens with zero attached hydrogens (tertiary/aromatic N) is 2. The van der Waals surface area contributed by atoms with Crippen molar-refractivity contribution in [1.29, 1.82) is 0 Å². The maximum Gasteiger partial charge on any atom is 0.0562 e. The highest BCUT2D eigenvalue weighted by atomic mass is 15.1. The Morgan fingerprint density at radius 1 is 0.268 bits per heavy atom. The van der Waals surface area contributed by atoms with Crippen LogP contribution < -0.4 is 4.90 Å². The van der Waals surface area contributed by atoms with Crippen LogP contribution in [0, 0.1) is 0 Å². The monoisotopic (exact) mass is 714 g/mol. The molecule has 1 aromatic heterocycles. The first-order valence-corrected chi connectivity index (χ1v) is 19.2. The highest BCUT2D eigenvalue weighted by Crippen LogP contribution is 2.42. The fourth-order valence-corrected chi connectivity index (χ4v) is 8.06. The summed E-state index contributed by atoms with van der Waals surface area (Å²) in [6.45, 7) is 0. The van der Waals surface area contributed by atoms with Crippen LogP contribution in [0.3, 0.4) is 0 Å². The third-order valence-electron chi connectivity index (χ3n) is 10.8. The minimum atomic E-state index is 1.09. The summed E-state index contributed by atoms with van der Waals surface area (Å²) >= 11 is 0. The van der Waals surface area contributed by atoms with Gasteiger partial charge in [-0.05, 0) is 87.5 Å². The first-order chi connectivity index (χ1) is 27.8. The lowest BCUT2D eigenvalue weighted by Crippen LogP contribution is -2.10. The highest BCUT2D eigenvalue weighted by Gasteiger charge is 2.19. The molecular formula is C54H38N2. The van der Waals surface area contributed by atoms with Crippen molar-refractivity contribution in [2.45, 2.75) is 0 Å². The Kier molecular flexibility index (Phi) is 8.55. The van der Waals surface area contributed by atoms with Crippen LogP contribution in [-0.2, 0) is 0 Å². The van der Waals surface area contributed by atoms with Crippen molar-refractivity contribution in [3.05, 3.63) is 231 Å². The zero-order valence-electron chi connectivity index (χ0n) is 30.8. The smallest absolute Gasteiger partial charge is 0.0562 e. The van der Waals surface area contributed by atoms with Gasteiger partial charge in [0.2, 0.25) is 0 Å². The van der Waals surface area contributed by atoms with E-state index < -0.39 is 0 Å². The lowest BCUT2D eigenvalue weighted by Gasteiger charge is -2.26. The van der Waals surface area contributed by atoms with Gasteiger partial charge < -0.3 is 9.47 Å². The highest BCUT2D eigenvalue weighted by molar-refractivity contribution is 6.11. The summed E-state index contributed by atoms with van der Waals surface area (Å²) in [5.74, 6) is 0. The van der Waals surface area contributed by atoms with Gasteiger partial charge in [-0.2, -0.15) is 0 Å². The van der Waals surface area contributed by atoms with Gasteiger partial charge in [-0.3, -0.25) is 0 Å². The predicted molar refractivity (Wildman–Crippen MR) is 237 cm³/mol. The summed E-state index contributed by atoms with van der Waals surface area (Å²) < 4.78 is 2.44. The van der Waals surface area contributed by atoms with Crippen molar-refractivity contribution in [2.24, 2.45) is 0 Å². The van der Waals surface area contributed by atoms with Crippen LogP contribution in [0.15, 0.2) is 231 Å². The summed E-state index contributed by atoms with van der Waals surface area (Å²) in [7, 11) is 0. The largest absolute Gasteiger partial charge is 0.310 e. The fourth-order valence-electron chi connectivity index (χ4n) is 8.06. The Labute approximate surface area is 327 Å². The number of hydrogen-bond acceptors (Lipinski definition) is 1. The van der Waals surface area contributed by atoms with E-state index in [0.717, 1.165) is 28.3 Å². The van der Waals surface area contributed by atoms with E-state index in [1.807, 2.05) is 0 Å². The second-order valence-electron chi connectivity index (χ2n) is 14.2. The molecule has 0 aliphatic carbocycles. The average molecular weight is 715 g/mol. The molecule has 0 saturated heterocycles. The molecule has 0 unspecified atom stereocenters. The van der Waals surface area contributed by atoms with Crippen molar-refractivity contribution in [1.82, 2.24) is 4.57 Å². The summed E-state index contributed by atoms with van der Waals surface area (Å²) in [6.07, 6.45) is 0. The van der Waals surface area contributed by atoms with Crippen LogP contribution in [-0.4, -0.2) is 4.57 Å². The van der Waals surface area contributed by atoms with Crippen molar-refractivity contribution < 1.29 is 0 Å². The molecule has 56 heavy (non-hydrogen) atoms. The number of rotatable bonds is 8. The molecule has 2 nitrogen and oxygen atoms in total. The molecule has 1 heterocycles. The molecule has 0 fully saturated rings. The Morgan fingerprint density at radius 2 is 0.661 bits per heavy atom. The Bertz CT molecular complexity index is 2910. The van der Waals surface area contributed by atoms with E-state index >= 15 is 0 Å². The maximum atomic E-state index is 2.44. The Hall–Kier alpha value is -7.42. The third-order valence-corrected chi connectivity index (χ3v) is 10.8. The number of hydrogen-bond donors (Lipinski definition) is 0. The summed E-state index contributed by atoms with van der Waals surface area (Å²) in [5, 5.41) is 2.46. The average Bonchev–Trinajstić information content (AvgIpc) is 3.61. The molecule has 0 aliphatic rings. The second-order valence-corrected chi connectivity index (χ2v) is 14.2. The van der Waals surface area contributed by atoms with Crippen molar-refractivity contribution >= 4 is 38.9 Å². The maximum absolute atomic E-state index is 2.44. The van der Waals surface area contributed by atoms with Crippen LogP contribution in [0.4, 0.5) is 17.1 Å². The topological polar surface area (TPSA) is 8.17 Å². The Balaban J connectivity index is 1.11. The van der Waals surface area contributed by atoms with Gasteiger partial charge in [-0.25, -0.2) is 0 Å². The van der Waals surface area contributed by atoms with Gasteiger partial charge in [0, 0.05) is 33.4 Å². The molecule has 0 N–H and O–H groups in total. The van der Waals surface area contributed by atoms with Crippen LogP contribution >= 0.6 is 0 Å². The SMILES string of the molecule is c1ccc(-c2ccc(-c3ccc(N(c4ccc(-c5ccccc5)cc4)c4ccc5c6ccccc6n(-c6ccccc6-c6ccccc6)c5c4)cc3)cc2)cc1. The van der Waals surface area contributed by atoms with Gasteiger partial charge in [-0.15, -0.1) is 0 Å². The van der Waals surface area contributed by atoms with Crippen LogP contribution in [0.2, 0.25) is 0 Å². The lowest BCUT2D eigenvalue weighted by molar-refractivity contribution is 1.18. The van der Waals surface area contributed by atoms with Crippen molar-refractivity contribution in [3.8, 4) is 50.2 Å². The van der Waals surface area contributed by atoms with E-state index in [4.69, 9.17) is 0 Å². The second kappa shape index (κ2) is 14.4. The minimum absolute atomic E-state index is 1.09. The minimum Gasteiger partial charge on any atom is -0.310 e. The fraction of sp³-hybridized carbons (Fsp3) is 0. The van der Waals surface area contributed by atoms with Crippen LogP contribution in [0.25, 0.3) is 72.0 Å². The molecule has 9 aromatic carbocycles. The summed E-state index contributed by atoms with van der Waals surface area (Å²) in [5.41, 5.74) is 16.4. The molecule has 0 amide bonds. The van der Waals surface area contributed by atoms with E-state index in [1.165, 1.54) is 60.8 Å². The molecule has 264 valence electrons. The first-order valence-electron chi connectivity index (χ1n) is 19.2. The van der Waals surface area contributed by atoms with Crippen molar-refractivity contribution in [2.75, 3.05) is 4.90 Å². The molecule has 10 rings (SSSR count). The standard InChI is InChI=1S/C54H38N2/c1-4-14-39(15-5-1)41-24-26-42(27-25-41)44-30-34-47(35-31-44)55(46-32-28-43(29-33-46)40-16-6-2-7-17-40)48-36-37-51-50-21-11-13-23-53(50)56(54(51)38-48)52-22-12-10-20-49(52)45-18-8-3-9-19-45/h1-38H. The summed E-state index contributed by atoms with van der Waals surface area (Å²) in [6, 6.07) is 83.0. The van der Waals surface area contributed by atoms with Gasteiger partial charge in [0.25, 0.3) is 0 Å². The van der Waals surface area contributed by atoms with Gasteiger partial charge in [0.1, 0.15) is 0 Å². The molecule has 0 radical (unpaired) electrons. The molecule has 0 saturated carbocycles. The lowest BCUT2D eigenvalue weighted by atomic mass is 10.00. The van der Waals surface area contributed by atoms with Gasteiger partial charge >= 0.3 is 0 Å². The molecule has 0 aliphatic heterocycles. The van der Waals surface area contributed by atoms with E-state index in [2.05, 4.69) is 240 Å². The molecular weight excluding hydrogens is 677 g/mol. The zero-order valence-corrected chi connectivity index (χ0v) is 30.8. The van der Waals surface area contributed by atoms with E-state index in [0.29, 0.717) is 0 Å². The Morgan fingerprint density at radius 3 is 1.21 bits per heavy atom. The number of benzene rings is 9. The first kappa shape index (κ1) is 33.2. The molecule has 0 spiro atoms. The predicted octanol–water partition coefficient (Wildman–Crippen LogP) is 14.9. The molecule has 2 heteroatoms. The van der Waals surface area contributed by atoms with Gasteiger partial charge in [0.05, 0.1) is 16.7 Å². The van der Waals surface area contributed by atoms with Gasteiger partial charge in [-0.1, -0.05) is 182 Å². The quantitative estimate of drug-likeness (QED) is 0.152. The number of aromatic nitrogens is 1. The molecule has 0 bridgehead atoms. The van der Waals surface area contributed by atoms with E-state index in [9.17, 15) is 0 Å². The van der Waals surface area contributed by atoms with Crippen LogP contribution in [0.5, 0.6) is 0 Å². The third kappa shape index (κ3) is 6.14. The number of anilines is 3.